The Labute approximate surface area is 185 Å². The molecule has 2 saturated heterocycles. The molecule has 0 saturated carbocycles. The van der Waals surface area contributed by atoms with Gasteiger partial charge in [0.2, 0.25) is 0 Å². The van der Waals surface area contributed by atoms with Crippen LogP contribution < -0.4 is 4.90 Å². The Kier molecular flexibility index (Phi) is 6.41. The van der Waals surface area contributed by atoms with E-state index < -0.39 is 11.7 Å². The van der Waals surface area contributed by atoms with Crippen LogP contribution in [0, 0.1) is 5.92 Å². The van der Waals surface area contributed by atoms with E-state index >= 15 is 0 Å². The lowest BCUT2D eigenvalue weighted by molar-refractivity contribution is -0.137. The predicted octanol–water partition coefficient (Wildman–Crippen LogP) is 3.71. The van der Waals surface area contributed by atoms with Gasteiger partial charge in [-0.25, -0.2) is 9.78 Å². The Bertz CT molecular complexity index is 924. The van der Waals surface area contributed by atoms with Crippen LogP contribution in [0.4, 0.5) is 23.7 Å². The molecule has 2 fully saturated rings. The summed E-state index contributed by atoms with van der Waals surface area (Å²) in [6.45, 7) is 8.09. The number of nitrogens with zero attached hydrogens (tertiary/aromatic N) is 6. The second-order valence-electron chi connectivity index (χ2n) is 8.90. The van der Waals surface area contributed by atoms with Crippen LogP contribution in [0.1, 0.15) is 37.8 Å². The number of rotatable bonds is 4. The molecule has 1 unspecified atom stereocenters. The molecule has 32 heavy (non-hydrogen) atoms. The van der Waals surface area contributed by atoms with Crippen LogP contribution in [-0.2, 0) is 12.7 Å². The van der Waals surface area contributed by atoms with E-state index in [1.165, 1.54) is 29.5 Å². The molecule has 1 aromatic heterocycles. The maximum absolute atomic E-state index is 13.3. The molecule has 2 aliphatic heterocycles. The first kappa shape index (κ1) is 22.6. The van der Waals surface area contributed by atoms with Crippen molar-refractivity contribution in [2.45, 2.75) is 45.5 Å². The van der Waals surface area contributed by atoms with Crippen molar-refractivity contribution in [1.29, 1.82) is 0 Å². The molecule has 0 N–H and O–H groups in total. The minimum Gasteiger partial charge on any atom is -0.371 e. The van der Waals surface area contributed by atoms with Crippen LogP contribution >= 0.6 is 0 Å². The monoisotopic (exact) mass is 450 g/mol. The Morgan fingerprint density at radius 1 is 1.16 bits per heavy atom. The van der Waals surface area contributed by atoms with Crippen molar-refractivity contribution in [1.82, 2.24) is 24.6 Å². The lowest BCUT2D eigenvalue weighted by Gasteiger charge is -2.43. The summed E-state index contributed by atoms with van der Waals surface area (Å²) in [7, 11) is 0. The van der Waals surface area contributed by atoms with E-state index in [1.807, 2.05) is 4.90 Å². The van der Waals surface area contributed by atoms with Gasteiger partial charge in [0.15, 0.2) is 0 Å². The summed E-state index contributed by atoms with van der Waals surface area (Å²) in [5, 5.41) is 3.96. The minimum absolute atomic E-state index is 0.0230. The van der Waals surface area contributed by atoms with Gasteiger partial charge < -0.3 is 9.80 Å². The normalized spacial score (nSPS) is 20.4. The molecule has 2 aromatic rings. The number of hydrogen-bond acceptors (Lipinski definition) is 5. The molecule has 0 radical (unpaired) electrons. The Balaban J connectivity index is 1.53. The minimum atomic E-state index is -4.36. The number of carbonyl (C=O) groups is 1. The zero-order valence-corrected chi connectivity index (χ0v) is 18.4. The summed E-state index contributed by atoms with van der Waals surface area (Å²) in [6, 6.07) is 3.87. The summed E-state index contributed by atoms with van der Waals surface area (Å²) in [5.74, 6) is 0.218. The first-order valence-electron chi connectivity index (χ1n) is 11.1. The van der Waals surface area contributed by atoms with Gasteiger partial charge in [0.05, 0.1) is 5.56 Å². The van der Waals surface area contributed by atoms with Gasteiger partial charge in [-0.2, -0.15) is 23.0 Å². The van der Waals surface area contributed by atoms with Crippen LogP contribution in [0.5, 0.6) is 0 Å². The number of benzene rings is 1. The van der Waals surface area contributed by atoms with Crippen LogP contribution in [-0.4, -0.2) is 69.4 Å². The second kappa shape index (κ2) is 9.09. The SMILES string of the molecule is CC(C)C1CN(Cc2ccc(C(F)(F)F)cc2N2CCCC2)CCN1C(=O)n1cncn1. The van der Waals surface area contributed by atoms with Crippen molar-refractivity contribution >= 4 is 11.7 Å². The highest BCUT2D eigenvalue weighted by atomic mass is 19.4. The van der Waals surface area contributed by atoms with Crippen LogP contribution in [0.2, 0.25) is 0 Å². The molecule has 0 aliphatic carbocycles. The summed E-state index contributed by atoms with van der Waals surface area (Å²) in [4.78, 5) is 22.8. The third-order valence-corrected chi connectivity index (χ3v) is 6.39. The molecule has 7 nitrogen and oxygen atoms in total. The van der Waals surface area contributed by atoms with Crippen molar-refractivity contribution in [2.24, 2.45) is 5.92 Å². The predicted molar refractivity (Wildman–Crippen MR) is 114 cm³/mol. The van der Waals surface area contributed by atoms with E-state index in [4.69, 9.17) is 0 Å². The van der Waals surface area contributed by atoms with Gasteiger partial charge in [-0.1, -0.05) is 19.9 Å². The zero-order valence-electron chi connectivity index (χ0n) is 18.4. The smallest absolute Gasteiger partial charge is 0.371 e. The number of piperazine rings is 1. The first-order chi connectivity index (χ1) is 15.2. The molecule has 0 spiro atoms. The van der Waals surface area contributed by atoms with E-state index in [2.05, 4.69) is 33.7 Å². The van der Waals surface area contributed by atoms with E-state index in [0.717, 1.165) is 31.5 Å². The number of alkyl halides is 3. The Hall–Kier alpha value is -2.62. The zero-order chi connectivity index (χ0) is 22.9. The molecule has 3 heterocycles. The topological polar surface area (TPSA) is 57.5 Å². The van der Waals surface area contributed by atoms with Gasteiger partial charge in [0, 0.05) is 51.0 Å². The molecule has 1 amide bonds. The average Bonchev–Trinajstić information content (AvgIpc) is 3.47. The van der Waals surface area contributed by atoms with Crippen molar-refractivity contribution in [3.8, 4) is 0 Å². The van der Waals surface area contributed by atoms with Gasteiger partial charge in [0.1, 0.15) is 12.7 Å². The summed E-state index contributed by atoms with van der Waals surface area (Å²) in [5.41, 5.74) is 0.976. The average molecular weight is 451 g/mol. The van der Waals surface area contributed by atoms with Crippen molar-refractivity contribution < 1.29 is 18.0 Å². The third-order valence-electron chi connectivity index (χ3n) is 6.39. The van der Waals surface area contributed by atoms with E-state index in [-0.39, 0.29) is 18.0 Å². The fourth-order valence-electron chi connectivity index (χ4n) is 4.63. The highest BCUT2D eigenvalue weighted by molar-refractivity contribution is 5.76. The van der Waals surface area contributed by atoms with Crippen LogP contribution in [0.3, 0.4) is 0 Å². The number of amides is 1. The summed E-state index contributed by atoms with van der Waals surface area (Å²) < 4.78 is 41.3. The quantitative estimate of drug-likeness (QED) is 0.711. The van der Waals surface area contributed by atoms with Crippen LogP contribution in [0.15, 0.2) is 30.9 Å². The Morgan fingerprint density at radius 3 is 2.53 bits per heavy atom. The Morgan fingerprint density at radius 2 is 1.91 bits per heavy atom. The molecular formula is C22H29F3N6O. The van der Waals surface area contributed by atoms with E-state index in [1.54, 1.807) is 6.07 Å². The third kappa shape index (κ3) is 4.74. The molecular weight excluding hydrogens is 421 g/mol. The van der Waals surface area contributed by atoms with Gasteiger partial charge in [-0.05, 0) is 36.5 Å². The maximum atomic E-state index is 13.3. The first-order valence-corrected chi connectivity index (χ1v) is 11.1. The summed E-state index contributed by atoms with van der Waals surface area (Å²) >= 11 is 0. The van der Waals surface area contributed by atoms with Gasteiger partial charge >= 0.3 is 12.2 Å². The number of hydrogen-bond donors (Lipinski definition) is 0. The van der Waals surface area contributed by atoms with Crippen molar-refractivity contribution in [3.63, 3.8) is 0 Å². The molecule has 4 rings (SSSR count). The van der Waals surface area contributed by atoms with Crippen LogP contribution in [0.25, 0.3) is 0 Å². The lowest BCUT2D eigenvalue weighted by atomic mass is 9.99. The second-order valence-corrected chi connectivity index (χ2v) is 8.90. The molecule has 0 bridgehead atoms. The maximum Gasteiger partial charge on any atom is 0.416 e. The van der Waals surface area contributed by atoms with Gasteiger partial charge in [0.25, 0.3) is 0 Å². The van der Waals surface area contributed by atoms with Crippen molar-refractivity contribution in [2.75, 3.05) is 37.6 Å². The highest BCUT2D eigenvalue weighted by Crippen LogP contribution is 2.35. The largest absolute Gasteiger partial charge is 0.416 e. The molecule has 10 heteroatoms. The fraction of sp³-hybridized carbons (Fsp3) is 0.591. The highest BCUT2D eigenvalue weighted by Gasteiger charge is 2.35. The van der Waals surface area contributed by atoms with Gasteiger partial charge in [-0.15, -0.1) is 0 Å². The van der Waals surface area contributed by atoms with E-state index in [0.29, 0.717) is 31.9 Å². The fourth-order valence-corrected chi connectivity index (χ4v) is 4.63. The number of halogens is 3. The lowest BCUT2D eigenvalue weighted by Crippen LogP contribution is -2.57. The molecule has 174 valence electrons. The number of anilines is 1. The standard InChI is InChI=1S/C22H29F3N6O/c1-16(2)20-13-28(9-10-30(20)21(32)31-15-26-14-27-31)12-17-5-6-18(22(23,24)25)11-19(17)29-7-3-4-8-29/h5-6,11,14-16,20H,3-4,7-10,12-13H2,1-2H3. The molecule has 1 atom stereocenters. The number of carbonyl (C=O) groups excluding carboxylic acids is 1. The number of aromatic nitrogens is 3. The summed E-state index contributed by atoms with van der Waals surface area (Å²) in [6.07, 6.45) is 0.366. The van der Waals surface area contributed by atoms with Gasteiger partial charge in [-0.3, -0.25) is 4.90 Å². The molecule has 2 aliphatic rings. The van der Waals surface area contributed by atoms with Crippen molar-refractivity contribution in [3.05, 3.63) is 42.0 Å². The molecule has 1 aromatic carbocycles. The van der Waals surface area contributed by atoms with E-state index in [9.17, 15) is 18.0 Å².